The topological polar surface area (TPSA) is 30.9 Å². The zero-order valence-corrected chi connectivity index (χ0v) is 12.4. The van der Waals surface area contributed by atoms with E-state index in [2.05, 4.69) is 67.8 Å². The Kier molecular flexibility index (Phi) is 3.27. The molecule has 2 nitrogen and oxygen atoms in total. The van der Waals surface area contributed by atoms with Crippen molar-refractivity contribution < 1.29 is 0 Å². The van der Waals surface area contributed by atoms with Crippen LogP contribution in [0.25, 0.3) is 21.8 Å². The summed E-state index contributed by atoms with van der Waals surface area (Å²) in [6.07, 6.45) is 0.928. The molecular formula is C18H22N2. The first-order chi connectivity index (χ1) is 9.58. The number of para-hydroxylation sites is 1. The summed E-state index contributed by atoms with van der Waals surface area (Å²) in [6, 6.07) is 16.1. The van der Waals surface area contributed by atoms with Crippen LogP contribution in [0.15, 0.2) is 42.5 Å². The third-order valence-corrected chi connectivity index (χ3v) is 3.85. The van der Waals surface area contributed by atoms with Gasteiger partial charge in [-0.25, -0.2) is 0 Å². The highest BCUT2D eigenvalue weighted by atomic mass is 15.0. The first-order valence-electron chi connectivity index (χ1n) is 7.35. The second-order valence-corrected chi connectivity index (χ2v) is 6.01. The number of benzene rings is 2. The minimum Gasteiger partial charge on any atom is -0.338 e. The van der Waals surface area contributed by atoms with Crippen LogP contribution in [0.4, 0.5) is 0 Å². The Morgan fingerprint density at radius 2 is 1.65 bits per heavy atom. The second kappa shape index (κ2) is 4.95. The van der Waals surface area contributed by atoms with E-state index in [-0.39, 0.29) is 6.04 Å². The van der Waals surface area contributed by atoms with Gasteiger partial charge in [-0.3, -0.25) is 0 Å². The van der Waals surface area contributed by atoms with E-state index in [0.717, 1.165) is 6.42 Å². The van der Waals surface area contributed by atoms with Crippen molar-refractivity contribution in [1.29, 1.82) is 0 Å². The van der Waals surface area contributed by atoms with Gasteiger partial charge in [-0.15, -0.1) is 0 Å². The van der Waals surface area contributed by atoms with E-state index in [4.69, 9.17) is 5.73 Å². The van der Waals surface area contributed by atoms with Crippen LogP contribution in [0, 0.1) is 0 Å². The summed E-state index contributed by atoms with van der Waals surface area (Å²) in [7, 11) is 0. The van der Waals surface area contributed by atoms with E-state index in [1.54, 1.807) is 0 Å². The molecule has 1 aromatic heterocycles. The minimum atomic E-state index is 0.200. The van der Waals surface area contributed by atoms with Gasteiger partial charge < -0.3 is 10.3 Å². The molecule has 0 aliphatic rings. The maximum Gasteiger partial charge on any atom is 0.0493 e. The quantitative estimate of drug-likeness (QED) is 0.754. The van der Waals surface area contributed by atoms with Crippen molar-refractivity contribution in [2.24, 2.45) is 5.73 Å². The van der Waals surface area contributed by atoms with E-state index < -0.39 is 0 Å². The standard InChI is InChI=1S/C18H22N2/c1-12(2)20-17-7-5-4-6-15(17)16-11-14(10-13(3)19)8-9-18(16)20/h4-9,11-13H,10,19H2,1-3H3. The molecular weight excluding hydrogens is 244 g/mol. The maximum absolute atomic E-state index is 5.93. The van der Waals surface area contributed by atoms with Crippen LogP contribution in [0.5, 0.6) is 0 Å². The number of hydrogen-bond acceptors (Lipinski definition) is 1. The molecule has 2 N–H and O–H groups in total. The van der Waals surface area contributed by atoms with Gasteiger partial charge in [-0.05, 0) is 51.0 Å². The zero-order valence-electron chi connectivity index (χ0n) is 12.4. The van der Waals surface area contributed by atoms with Crippen molar-refractivity contribution in [3.8, 4) is 0 Å². The molecule has 0 spiro atoms. The molecule has 0 amide bonds. The predicted molar refractivity (Wildman–Crippen MR) is 87.2 cm³/mol. The van der Waals surface area contributed by atoms with Gasteiger partial charge in [0.05, 0.1) is 0 Å². The Balaban J connectivity index is 2.32. The Labute approximate surface area is 120 Å². The molecule has 0 saturated heterocycles. The average molecular weight is 266 g/mol. The first kappa shape index (κ1) is 13.2. The zero-order chi connectivity index (χ0) is 14.3. The highest BCUT2D eigenvalue weighted by Crippen LogP contribution is 2.32. The Morgan fingerprint density at radius 3 is 2.35 bits per heavy atom. The number of fused-ring (bicyclic) bond motifs is 3. The molecule has 0 radical (unpaired) electrons. The molecule has 20 heavy (non-hydrogen) atoms. The Hall–Kier alpha value is -1.80. The molecule has 0 saturated carbocycles. The summed E-state index contributed by atoms with van der Waals surface area (Å²) in [5.74, 6) is 0. The summed E-state index contributed by atoms with van der Waals surface area (Å²) >= 11 is 0. The molecule has 1 heterocycles. The molecule has 0 aliphatic carbocycles. The van der Waals surface area contributed by atoms with Crippen LogP contribution in [-0.4, -0.2) is 10.6 Å². The van der Waals surface area contributed by atoms with Gasteiger partial charge in [0.25, 0.3) is 0 Å². The molecule has 2 heteroatoms. The van der Waals surface area contributed by atoms with Crippen LogP contribution in [0.2, 0.25) is 0 Å². The van der Waals surface area contributed by atoms with Crippen molar-refractivity contribution in [2.75, 3.05) is 0 Å². The third-order valence-electron chi connectivity index (χ3n) is 3.85. The lowest BCUT2D eigenvalue weighted by Crippen LogP contribution is -2.17. The fourth-order valence-corrected chi connectivity index (χ4v) is 3.11. The van der Waals surface area contributed by atoms with Crippen molar-refractivity contribution in [2.45, 2.75) is 39.3 Å². The fraction of sp³-hybridized carbons (Fsp3) is 0.333. The fourth-order valence-electron chi connectivity index (χ4n) is 3.11. The van der Waals surface area contributed by atoms with E-state index in [9.17, 15) is 0 Å². The van der Waals surface area contributed by atoms with Gasteiger partial charge in [-0.1, -0.05) is 24.3 Å². The second-order valence-electron chi connectivity index (χ2n) is 6.01. The Morgan fingerprint density at radius 1 is 0.950 bits per heavy atom. The van der Waals surface area contributed by atoms with Gasteiger partial charge in [0.1, 0.15) is 0 Å². The average Bonchev–Trinajstić information content (AvgIpc) is 2.72. The van der Waals surface area contributed by atoms with Gasteiger partial charge in [0.2, 0.25) is 0 Å². The van der Waals surface area contributed by atoms with Crippen molar-refractivity contribution in [3.05, 3.63) is 48.0 Å². The summed E-state index contributed by atoms with van der Waals surface area (Å²) in [4.78, 5) is 0. The largest absolute Gasteiger partial charge is 0.338 e. The lowest BCUT2D eigenvalue weighted by atomic mass is 10.0. The van der Waals surface area contributed by atoms with Crippen LogP contribution >= 0.6 is 0 Å². The smallest absolute Gasteiger partial charge is 0.0493 e. The summed E-state index contributed by atoms with van der Waals surface area (Å²) in [5, 5.41) is 2.68. The predicted octanol–water partition coefficient (Wildman–Crippen LogP) is 4.27. The molecule has 2 aromatic carbocycles. The third kappa shape index (κ3) is 2.10. The van der Waals surface area contributed by atoms with Crippen molar-refractivity contribution >= 4 is 21.8 Å². The molecule has 1 unspecified atom stereocenters. The summed E-state index contributed by atoms with van der Waals surface area (Å²) in [6.45, 7) is 6.53. The van der Waals surface area contributed by atoms with E-state index in [1.165, 1.54) is 27.4 Å². The lowest BCUT2D eigenvalue weighted by Gasteiger charge is -2.12. The lowest BCUT2D eigenvalue weighted by molar-refractivity contribution is 0.642. The van der Waals surface area contributed by atoms with Crippen LogP contribution in [-0.2, 0) is 6.42 Å². The number of nitrogens with two attached hydrogens (primary N) is 1. The highest BCUT2D eigenvalue weighted by molar-refractivity contribution is 6.08. The van der Waals surface area contributed by atoms with E-state index in [0.29, 0.717) is 6.04 Å². The van der Waals surface area contributed by atoms with Gasteiger partial charge in [-0.2, -0.15) is 0 Å². The first-order valence-corrected chi connectivity index (χ1v) is 7.35. The monoisotopic (exact) mass is 266 g/mol. The van der Waals surface area contributed by atoms with Crippen LogP contribution in [0.3, 0.4) is 0 Å². The molecule has 0 fully saturated rings. The number of aromatic nitrogens is 1. The SMILES string of the molecule is CC(N)Cc1ccc2c(c1)c1ccccc1n2C(C)C. The number of hydrogen-bond donors (Lipinski definition) is 1. The minimum absolute atomic E-state index is 0.200. The van der Waals surface area contributed by atoms with Gasteiger partial charge in [0.15, 0.2) is 0 Å². The summed E-state index contributed by atoms with van der Waals surface area (Å²) < 4.78 is 2.42. The van der Waals surface area contributed by atoms with Crippen molar-refractivity contribution in [1.82, 2.24) is 4.57 Å². The molecule has 3 rings (SSSR count). The van der Waals surface area contributed by atoms with Crippen LogP contribution < -0.4 is 5.73 Å². The summed E-state index contributed by atoms with van der Waals surface area (Å²) in [5.41, 5.74) is 9.88. The molecule has 1 atom stereocenters. The normalized spacial score (nSPS) is 13.4. The number of rotatable bonds is 3. The van der Waals surface area contributed by atoms with E-state index >= 15 is 0 Å². The maximum atomic E-state index is 5.93. The van der Waals surface area contributed by atoms with E-state index in [1.807, 2.05) is 0 Å². The van der Waals surface area contributed by atoms with Gasteiger partial charge in [0, 0.05) is 33.9 Å². The molecule has 0 bridgehead atoms. The molecule has 0 aliphatic heterocycles. The van der Waals surface area contributed by atoms with Gasteiger partial charge >= 0.3 is 0 Å². The number of nitrogens with zero attached hydrogens (tertiary/aromatic N) is 1. The highest BCUT2D eigenvalue weighted by Gasteiger charge is 2.12. The molecule has 104 valence electrons. The van der Waals surface area contributed by atoms with Crippen molar-refractivity contribution in [3.63, 3.8) is 0 Å². The molecule has 3 aromatic rings. The Bertz CT molecular complexity index is 751. The van der Waals surface area contributed by atoms with Crippen LogP contribution in [0.1, 0.15) is 32.4 Å².